The molecule has 1 unspecified atom stereocenters. The number of nitrogens with zero attached hydrogens (tertiary/aromatic N) is 1. The van der Waals surface area contributed by atoms with E-state index in [9.17, 15) is 26.3 Å². The van der Waals surface area contributed by atoms with Crippen LogP contribution in [0.3, 0.4) is 0 Å². The van der Waals surface area contributed by atoms with Gasteiger partial charge < -0.3 is 0 Å². The van der Waals surface area contributed by atoms with Gasteiger partial charge >= 0.3 is 6.18 Å². The van der Waals surface area contributed by atoms with Gasteiger partial charge in [0.15, 0.2) is 0 Å². The van der Waals surface area contributed by atoms with Crippen molar-refractivity contribution in [2.24, 2.45) is 5.92 Å². The van der Waals surface area contributed by atoms with Gasteiger partial charge in [0.05, 0.1) is 6.42 Å². The molecule has 1 nitrogen and oxygen atoms in total. The highest BCUT2D eigenvalue weighted by Gasteiger charge is 2.26. The van der Waals surface area contributed by atoms with Crippen LogP contribution in [0, 0.1) is 5.92 Å². The van der Waals surface area contributed by atoms with Crippen molar-refractivity contribution in [3.05, 3.63) is 76.9 Å². The van der Waals surface area contributed by atoms with E-state index in [0.717, 1.165) is 18.5 Å². The molecule has 1 aromatic heterocycles. The van der Waals surface area contributed by atoms with Crippen molar-refractivity contribution in [3.8, 4) is 0 Å². The number of aryl methyl sites for hydroxylation is 1. The molecule has 31 heavy (non-hydrogen) atoms. The Kier molecular flexibility index (Phi) is 9.14. The molecule has 0 radical (unpaired) electrons. The third-order valence-corrected chi connectivity index (χ3v) is 5.13. The molecule has 0 aromatic carbocycles. The average Bonchev–Trinajstić information content (AvgIpc) is 3.04. The zero-order valence-corrected chi connectivity index (χ0v) is 17.5. The molecule has 0 N–H and O–H groups in total. The second kappa shape index (κ2) is 11.3. The number of allylic oxidation sites excluding steroid dienone is 7. The van der Waals surface area contributed by atoms with Gasteiger partial charge in [0, 0.05) is 18.3 Å². The summed E-state index contributed by atoms with van der Waals surface area (Å²) < 4.78 is 77.5. The molecule has 1 aromatic rings. The van der Waals surface area contributed by atoms with E-state index in [0.29, 0.717) is 24.0 Å². The van der Waals surface area contributed by atoms with Crippen molar-refractivity contribution in [1.29, 1.82) is 0 Å². The zero-order valence-electron chi connectivity index (χ0n) is 17.5. The van der Waals surface area contributed by atoms with Crippen molar-refractivity contribution >= 4 is 0 Å². The number of aromatic nitrogens is 1. The Hall–Kier alpha value is -2.31. The van der Waals surface area contributed by atoms with E-state index in [2.05, 4.69) is 18.5 Å². The SMILES string of the molecule is C=C/C=C(/C/C=C(CCc1cc2c(cn1)CC(C)C2)\C(F)=C/CC(F)(F)F)CC(F)F. The summed E-state index contributed by atoms with van der Waals surface area (Å²) in [5.74, 6) is -0.447. The lowest BCUT2D eigenvalue weighted by atomic mass is 10.0. The van der Waals surface area contributed by atoms with Gasteiger partial charge in [-0.25, -0.2) is 13.2 Å². The maximum atomic E-state index is 14.6. The number of rotatable bonds is 10. The van der Waals surface area contributed by atoms with E-state index < -0.39 is 31.3 Å². The maximum absolute atomic E-state index is 14.6. The molecule has 0 saturated heterocycles. The first kappa shape index (κ1) is 25.0. The van der Waals surface area contributed by atoms with Gasteiger partial charge in [0.2, 0.25) is 6.43 Å². The topological polar surface area (TPSA) is 12.9 Å². The van der Waals surface area contributed by atoms with Gasteiger partial charge in [0.25, 0.3) is 0 Å². The van der Waals surface area contributed by atoms with Crippen LogP contribution in [0.1, 0.15) is 49.4 Å². The summed E-state index contributed by atoms with van der Waals surface area (Å²) in [6.07, 6.45) is -0.159. The first-order chi connectivity index (χ1) is 14.6. The fourth-order valence-electron chi connectivity index (χ4n) is 3.67. The fourth-order valence-corrected chi connectivity index (χ4v) is 3.67. The van der Waals surface area contributed by atoms with E-state index in [1.54, 1.807) is 6.20 Å². The summed E-state index contributed by atoms with van der Waals surface area (Å²) in [5.41, 5.74) is 3.51. The number of fused-ring (bicyclic) bond motifs is 1. The van der Waals surface area contributed by atoms with Crippen LogP contribution in [-0.4, -0.2) is 17.6 Å². The predicted molar refractivity (Wildman–Crippen MR) is 111 cm³/mol. The average molecular weight is 443 g/mol. The van der Waals surface area contributed by atoms with Crippen molar-refractivity contribution in [2.45, 2.75) is 64.5 Å². The summed E-state index contributed by atoms with van der Waals surface area (Å²) >= 11 is 0. The Morgan fingerprint density at radius 2 is 1.94 bits per heavy atom. The molecule has 1 atom stereocenters. The highest BCUT2D eigenvalue weighted by Crippen LogP contribution is 2.29. The van der Waals surface area contributed by atoms with E-state index in [1.807, 2.05) is 6.07 Å². The van der Waals surface area contributed by atoms with Gasteiger partial charge in [-0.3, -0.25) is 4.98 Å². The van der Waals surface area contributed by atoms with E-state index in [4.69, 9.17) is 0 Å². The van der Waals surface area contributed by atoms with Crippen molar-refractivity contribution in [2.75, 3.05) is 0 Å². The minimum atomic E-state index is -4.52. The summed E-state index contributed by atoms with van der Waals surface area (Å²) in [6, 6.07) is 1.97. The number of hydrogen-bond acceptors (Lipinski definition) is 1. The first-order valence-corrected chi connectivity index (χ1v) is 10.2. The Morgan fingerprint density at radius 1 is 1.23 bits per heavy atom. The maximum Gasteiger partial charge on any atom is 0.392 e. The predicted octanol–water partition coefficient (Wildman–Crippen LogP) is 7.64. The van der Waals surface area contributed by atoms with Crippen molar-refractivity contribution in [3.63, 3.8) is 0 Å². The molecular formula is C24H27F6N. The lowest BCUT2D eigenvalue weighted by Crippen LogP contribution is -2.05. The molecule has 0 aliphatic heterocycles. The molecule has 1 aliphatic carbocycles. The van der Waals surface area contributed by atoms with Crippen LogP contribution in [0.15, 0.2) is 60.1 Å². The third kappa shape index (κ3) is 8.75. The Bertz CT molecular complexity index is 848. The molecule has 0 amide bonds. The molecule has 2 rings (SSSR count). The van der Waals surface area contributed by atoms with Gasteiger partial charge in [-0.15, -0.1) is 0 Å². The Balaban J connectivity index is 2.18. The molecule has 1 heterocycles. The number of alkyl halides is 5. The number of pyridine rings is 1. The molecular weight excluding hydrogens is 416 g/mol. The highest BCUT2D eigenvalue weighted by atomic mass is 19.4. The van der Waals surface area contributed by atoms with E-state index >= 15 is 0 Å². The summed E-state index contributed by atoms with van der Waals surface area (Å²) in [7, 11) is 0. The van der Waals surface area contributed by atoms with E-state index in [1.165, 1.54) is 29.4 Å². The van der Waals surface area contributed by atoms with Crippen LogP contribution in [0.5, 0.6) is 0 Å². The first-order valence-electron chi connectivity index (χ1n) is 10.2. The van der Waals surface area contributed by atoms with E-state index in [-0.39, 0.29) is 18.4 Å². The van der Waals surface area contributed by atoms with Gasteiger partial charge in [0.1, 0.15) is 5.83 Å². The smallest absolute Gasteiger partial charge is 0.261 e. The fraction of sp³-hybridized carbons (Fsp3) is 0.458. The Labute approximate surface area is 179 Å². The lowest BCUT2D eigenvalue weighted by Gasteiger charge is -2.10. The lowest BCUT2D eigenvalue weighted by molar-refractivity contribution is -0.125. The normalized spacial score (nSPS) is 17.9. The van der Waals surface area contributed by atoms with Crippen molar-refractivity contribution < 1.29 is 26.3 Å². The molecule has 7 heteroatoms. The Morgan fingerprint density at radius 3 is 2.58 bits per heavy atom. The third-order valence-electron chi connectivity index (χ3n) is 5.13. The summed E-state index contributed by atoms with van der Waals surface area (Å²) in [4.78, 5) is 4.39. The molecule has 0 bridgehead atoms. The molecule has 1 aliphatic rings. The van der Waals surface area contributed by atoms with Crippen LogP contribution in [0.2, 0.25) is 0 Å². The monoisotopic (exact) mass is 443 g/mol. The number of hydrogen-bond donors (Lipinski definition) is 0. The van der Waals surface area contributed by atoms with Gasteiger partial charge in [-0.05, 0) is 66.9 Å². The molecule has 0 spiro atoms. The number of halogens is 6. The summed E-state index contributed by atoms with van der Waals surface area (Å²) in [5, 5.41) is 0. The van der Waals surface area contributed by atoms with Crippen LogP contribution < -0.4 is 0 Å². The minimum absolute atomic E-state index is 0.00804. The summed E-state index contributed by atoms with van der Waals surface area (Å²) in [6.45, 7) is 5.62. The van der Waals surface area contributed by atoms with Crippen LogP contribution in [0.25, 0.3) is 0 Å². The van der Waals surface area contributed by atoms with Gasteiger partial charge in [-0.1, -0.05) is 37.3 Å². The molecule has 0 saturated carbocycles. The quantitative estimate of drug-likeness (QED) is 0.267. The van der Waals surface area contributed by atoms with Crippen molar-refractivity contribution in [1.82, 2.24) is 4.98 Å². The van der Waals surface area contributed by atoms with Crippen LogP contribution in [-0.2, 0) is 19.3 Å². The molecule has 170 valence electrons. The second-order valence-corrected chi connectivity index (χ2v) is 7.92. The van der Waals surface area contributed by atoms with Crippen LogP contribution >= 0.6 is 0 Å². The molecule has 0 fully saturated rings. The highest BCUT2D eigenvalue weighted by molar-refractivity contribution is 5.33. The largest absolute Gasteiger partial charge is 0.392 e. The second-order valence-electron chi connectivity index (χ2n) is 7.92. The van der Waals surface area contributed by atoms with Crippen LogP contribution in [0.4, 0.5) is 26.3 Å². The minimum Gasteiger partial charge on any atom is -0.261 e. The standard InChI is InChI=1S/C24H27F6N/c1-3-4-17(13-23(26)27)5-6-18(22(25)9-10-24(28,29)30)7-8-21-14-19-11-16(2)12-20(19)15-31-21/h3-4,6,9,14-16,23H,1,5,7-8,10-13H2,2H3/b17-4-,18-6-,22-9+. The zero-order chi connectivity index (χ0) is 23.0. The van der Waals surface area contributed by atoms with Gasteiger partial charge in [-0.2, -0.15) is 13.2 Å².